The third kappa shape index (κ3) is 3.00. The van der Waals surface area contributed by atoms with E-state index in [0.29, 0.717) is 25.2 Å². The molecule has 2 rings (SSSR count). The van der Waals surface area contributed by atoms with Gasteiger partial charge in [-0.05, 0) is 31.0 Å². The summed E-state index contributed by atoms with van der Waals surface area (Å²) in [6.45, 7) is 3.98. The first-order valence-corrected chi connectivity index (χ1v) is 7.88. The van der Waals surface area contributed by atoms with Gasteiger partial charge in [0.15, 0.2) is 0 Å². The van der Waals surface area contributed by atoms with Crippen molar-refractivity contribution < 1.29 is 13.2 Å². The zero-order chi connectivity index (χ0) is 14.9. The van der Waals surface area contributed by atoms with Crippen molar-refractivity contribution in [1.29, 1.82) is 0 Å². The molecular weight excluding hydrogens is 278 g/mol. The Bertz CT molecular complexity index is 628. The van der Waals surface area contributed by atoms with Crippen LogP contribution in [0.3, 0.4) is 0 Å². The number of nitrogens with two attached hydrogens (primary N) is 1. The number of amides is 1. The van der Waals surface area contributed by atoms with Crippen molar-refractivity contribution in [2.75, 3.05) is 18.4 Å². The largest absolute Gasteiger partial charge is 0.326 e. The Morgan fingerprint density at radius 3 is 2.70 bits per heavy atom. The Morgan fingerprint density at radius 1 is 1.45 bits per heavy atom. The number of carbonyl (C=O) groups excluding carboxylic acids is 1. The maximum absolute atomic E-state index is 12.5. The van der Waals surface area contributed by atoms with E-state index in [1.165, 1.54) is 17.3 Å². The summed E-state index contributed by atoms with van der Waals surface area (Å²) < 4.78 is 26.4. The van der Waals surface area contributed by atoms with E-state index in [1.807, 2.05) is 6.92 Å². The fourth-order valence-electron chi connectivity index (χ4n) is 2.21. The van der Waals surface area contributed by atoms with Gasteiger partial charge >= 0.3 is 0 Å². The second kappa shape index (κ2) is 5.51. The minimum atomic E-state index is -3.54. The number of rotatable bonds is 3. The van der Waals surface area contributed by atoms with Crippen molar-refractivity contribution in [3.8, 4) is 0 Å². The number of sulfonamides is 1. The van der Waals surface area contributed by atoms with E-state index in [9.17, 15) is 13.2 Å². The summed E-state index contributed by atoms with van der Waals surface area (Å²) in [5, 5.41) is 2.64. The van der Waals surface area contributed by atoms with Crippen LogP contribution in [0, 0.1) is 6.92 Å². The SMILES string of the molecule is CC(=O)Nc1cc(S(=O)(=O)N2CC[C@@H](N)C2)ccc1C. The van der Waals surface area contributed by atoms with E-state index in [0.717, 1.165) is 5.56 Å². The zero-order valence-electron chi connectivity index (χ0n) is 11.6. The fraction of sp³-hybridized carbons (Fsp3) is 0.462. The lowest BCUT2D eigenvalue weighted by Gasteiger charge is -2.17. The van der Waals surface area contributed by atoms with Crippen molar-refractivity contribution in [3.05, 3.63) is 23.8 Å². The third-order valence-electron chi connectivity index (χ3n) is 3.34. The summed E-state index contributed by atoms with van der Waals surface area (Å²) in [4.78, 5) is 11.3. The van der Waals surface area contributed by atoms with E-state index in [4.69, 9.17) is 5.73 Å². The molecular formula is C13H19N3O3S. The lowest BCUT2D eigenvalue weighted by molar-refractivity contribution is -0.114. The Labute approximate surface area is 119 Å². The number of hydrogen-bond donors (Lipinski definition) is 2. The molecule has 1 aliphatic rings. The highest BCUT2D eigenvalue weighted by molar-refractivity contribution is 7.89. The van der Waals surface area contributed by atoms with E-state index < -0.39 is 10.0 Å². The Balaban J connectivity index is 2.35. The fourth-order valence-corrected chi connectivity index (χ4v) is 3.75. The maximum Gasteiger partial charge on any atom is 0.243 e. The quantitative estimate of drug-likeness (QED) is 0.858. The molecule has 1 fully saturated rings. The van der Waals surface area contributed by atoms with Crippen LogP contribution in [0.25, 0.3) is 0 Å². The van der Waals surface area contributed by atoms with Gasteiger partial charge in [0.2, 0.25) is 15.9 Å². The number of anilines is 1. The average Bonchev–Trinajstić information content (AvgIpc) is 2.78. The van der Waals surface area contributed by atoms with Gasteiger partial charge in [-0.1, -0.05) is 6.07 Å². The van der Waals surface area contributed by atoms with E-state index in [1.54, 1.807) is 12.1 Å². The van der Waals surface area contributed by atoms with Crippen LogP contribution in [0.2, 0.25) is 0 Å². The first-order valence-electron chi connectivity index (χ1n) is 6.44. The number of carbonyl (C=O) groups is 1. The van der Waals surface area contributed by atoms with Crippen LogP contribution < -0.4 is 11.1 Å². The van der Waals surface area contributed by atoms with Gasteiger partial charge in [0.25, 0.3) is 0 Å². The summed E-state index contributed by atoms with van der Waals surface area (Å²) in [6, 6.07) is 4.63. The molecule has 110 valence electrons. The van der Waals surface area contributed by atoms with Gasteiger partial charge in [0, 0.05) is 31.7 Å². The minimum absolute atomic E-state index is 0.106. The molecule has 1 heterocycles. The molecule has 1 aromatic carbocycles. The molecule has 1 atom stereocenters. The number of aryl methyl sites for hydroxylation is 1. The van der Waals surface area contributed by atoms with Crippen LogP contribution in [0.5, 0.6) is 0 Å². The van der Waals surface area contributed by atoms with Crippen LogP contribution in [0.15, 0.2) is 23.1 Å². The highest BCUT2D eigenvalue weighted by Crippen LogP contribution is 2.25. The van der Waals surface area contributed by atoms with E-state index in [-0.39, 0.29) is 16.8 Å². The first-order chi connectivity index (χ1) is 9.30. The van der Waals surface area contributed by atoms with Crippen molar-refractivity contribution in [3.63, 3.8) is 0 Å². The average molecular weight is 297 g/mol. The molecule has 0 radical (unpaired) electrons. The number of hydrogen-bond acceptors (Lipinski definition) is 4. The van der Waals surface area contributed by atoms with Crippen molar-refractivity contribution in [2.45, 2.75) is 31.2 Å². The predicted octanol–water partition coefficient (Wildman–Crippen LogP) is 0.675. The molecule has 0 spiro atoms. The molecule has 1 aliphatic heterocycles. The lowest BCUT2D eigenvalue weighted by Crippen LogP contribution is -2.32. The molecule has 0 bridgehead atoms. The van der Waals surface area contributed by atoms with Gasteiger partial charge in [-0.2, -0.15) is 4.31 Å². The predicted molar refractivity (Wildman–Crippen MR) is 76.8 cm³/mol. The second-order valence-corrected chi connectivity index (χ2v) is 7.01. The smallest absolute Gasteiger partial charge is 0.243 e. The normalized spacial score (nSPS) is 20.1. The topological polar surface area (TPSA) is 92.5 Å². The highest BCUT2D eigenvalue weighted by atomic mass is 32.2. The van der Waals surface area contributed by atoms with Crippen molar-refractivity contribution in [1.82, 2.24) is 4.31 Å². The van der Waals surface area contributed by atoms with Crippen LogP contribution in [0.4, 0.5) is 5.69 Å². The van der Waals surface area contributed by atoms with Crippen molar-refractivity contribution in [2.24, 2.45) is 5.73 Å². The third-order valence-corrected chi connectivity index (χ3v) is 5.21. The van der Waals surface area contributed by atoms with E-state index in [2.05, 4.69) is 5.32 Å². The molecule has 6 nitrogen and oxygen atoms in total. The summed E-state index contributed by atoms with van der Waals surface area (Å²) >= 11 is 0. The van der Waals surface area contributed by atoms with Crippen LogP contribution in [-0.4, -0.2) is 37.8 Å². The van der Waals surface area contributed by atoms with Gasteiger partial charge in [-0.3, -0.25) is 4.79 Å². The monoisotopic (exact) mass is 297 g/mol. The summed E-state index contributed by atoms with van der Waals surface area (Å²) in [5.41, 5.74) is 7.09. The van der Waals surface area contributed by atoms with Crippen LogP contribution in [0.1, 0.15) is 18.9 Å². The molecule has 1 saturated heterocycles. The van der Waals surface area contributed by atoms with Crippen molar-refractivity contribution >= 4 is 21.6 Å². The number of nitrogens with zero attached hydrogens (tertiary/aromatic N) is 1. The molecule has 7 heteroatoms. The molecule has 1 amide bonds. The van der Waals surface area contributed by atoms with Gasteiger partial charge in [0.1, 0.15) is 0 Å². The summed E-state index contributed by atoms with van der Waals surface area (Å²) in [5.74, 6) is -0.231. The number of nitrogens with one attached hydrogen (secondary N) is 1. The minimum Gasteiger partial charge on any atom is -0.326 e. The second-order valence-electron chi connectivity index (χ2n) is 5.07. The van der Waals surface area contributed by atoms with E-state index >= 15 is 0 Å². The molecule has 0 unspecified atom stereocenters. The van der Waals surface area contributed by atoms with Crippen LogP contribution >= 0.6 is 0 Å². The van der Waals surface area contributed by atoms with Gasteiger partial charge in [-0.15, -0.1) is 0 Å². The molecule has 0 saturated carbocycles. The molecule has 20 heavy (non-hydrogen) atoms. The summed E-state index contributed by atoms with van der Waals surface area (Å²) in [6.07, 6.45) is 0.670. The van der Waals surface area contributed by atoms with Gasteiger partial charge < -0.3 is 11.1 Å². The van der Waals surface area contributed by atoms with Crippen LogP contribution in [-0.2, 0) is 14.8 Å². The number of benzene rings is 1. The van der Waals surface area contributed by atoms with Gasteiger partial charge in [-0.25, -0.2) is 8.42 Å². The zero-order valence-corrected chi connectivity index (χ0v) is 12.4. The molecule has 0 aromatic heterocycles. The maximum atomic E-state index is 12.5. The molecule has 1 aromatic rings. The standard InChI is InChI=1S/C13H19N3O3S/c1-9-3-4-12(7-13(9)15-10(2)17)20(18,19)16-6-5-11(14)8-16/h3-4,7,11H,5-6,8,14H2,1-2H3,(H,15,17)/t11-/m1/s1. The molecule has 3 N–H and O–H groups in total. The molecule has 0 aliphatic carbocycles. The Kier molecular flexibility index (Phi) is 4.12. The highest BCUT2D eigenvalue weighted by Gasteiger charge is 2.31. The first kappa shape index (κ1) is 15.0. The Hall–Kier alpha value is -1.44. The summed E-state index contributed by atoms with van der Waals surface area (Å²) in [7, 11) is -3.54. The van der Waals surface area contributed by atoms with Gasteiger partial charge in [0.05, 0.1) is 4.90 Å². The lowest BCUT2D eigenvalue weighted by atomic mass is 10.2. The Morgan fingerprint density at radius 2 is 2.15 bits per heavy atom.